The van der Waals surface area contributed by atoms with Gasteiger partial charge in [0, 0.05) is 25.0 Å². The Morgan fingerprint density at radius 3 is 2.83 bits per heavy atom. The highest BCUT2D eigenvalue weighted by atomic mass is 35.5. The van der Waals surface area contributed by atoms with Crippen LogP contribution in [-0.4, -0.2) is 28.2 Å². The molecule has 4 heterocycles. The molecule has 120 valence electrons. The summed E-state index contributed by atoms with van der Waals surface area (Å²) in [6, 6.07) is 8.29. The molecule has 2 atom stereocenters. The first-order chi connectivity index (χ1) is 10.9. The lowest BCUT2D eigenvalue weighted by molar-refractivity contribution is 0.108. The number of aromatic nitrogens is 2. The number of pyridine rings is 2. The van der Waals surface area contributed by atoms with Gasteiger partial charge in [0.1, 0.15) is 11.4 Å². The van der Waals surface area contributed by atoms with Gasteiger partial charge in [0.15, 0.2) is 0 Å². The van der Waals surface area contributed by atoms with E-state index in [0.717, 1.165) is 36.4 Å². The molecule has 0 aromatic carbocycles. The van der Waals surface area contributed by atoms with Crippen LogP contribution in [-0.2, 0) is 6.42 Å². The minimum atomic E-state index is -0.337. The summed E-state index contributed by atoms with van der Waals surface area (Å²) >= 11 is 0. The second kappa shape index (κ2) is 6.69. The summed E-state index contributed by atoms with van der Waals surface area (Å²) < 4.78 is 6.37. The highest BCUT2D eigenvalue weighted by molar-refractivity contribution is 5.85. The minimum Gasteiger partial charge on any atom is -0.479 e. The molecule has 1 saturated heterocycles. The molecule has 1 N–H and O–H groups in total. The third-order valence-corrected chi connectivity index (χ3v) is 4.51. The van der Waals surface area contributed by atoms with Gasteiger partial charge in [-0.25, -0.2) is 0 Å². The van der Waals surface area contributed by atoms with Crippen molar-refractivity contribution in [3.63, 3.8) is 0 Å². The van der Waals surface area contributed by atoms with Gasteiger partial charge >= 0.3 is 0 Å². The molecule has 2 aromatic rings. The molecular weight excluding hydrogens is 310 g/mol. The molecule has 4 rings (SSSR count). The smallest absolute Gasteiger partial charge is 0.148 e. The topological polar surface area (TPSA) is 47.0 Å². The van der Waals surface area contributed by atoms with Crippen LogP contribution >= 0.6 is 12.4 Å². The van der Waals surface area contributed by atoms with Crippen molar-refractivity contribution >= 4 is 18.5 Å². The van der Waals surface area contributed by atoms with E-state index in [1.807, 2.05) is 42.9 Å². The Bertz CT molecular complexity index is 659. The van der Waals surface area contributed by atoms with E-state index in [0.29, 0.717) is 6.04 Å². The number of halogens is 1. The van der Waals surface area contributed by atoms with Crippen molar-refractivity contribution in [2.75, 3.05) is 6.54 Å². The van der Waals surface area contributed by atoms with Crippen LogP contribution in [0.2, 0.25) is 0 Å². The van der Waals surface area contributed by atoms with Crippen molar-refractivity contribution in [1.29, 1.82) is 0 Å². The van der Waals surface area contributed by atoms with Crippen molar-refractivity contribution in [2.24, 2.45) is 0 Å². The molecule has 2 aliphatic rings. The summed E-state index contributed by atoms with van der Waals surface area (Å²) in [6.07, 6.45) is 12.9. The van der Waals surface area contributed by atoms with Gasteiger partial charge < -0.3 is 10.1 Å². The fourth-order valence-electron chi connectivity index (χ4n) is 3.37. The highest BCUT2D eigenvalue weighted by Crippen LogP contribution is 2.39. The summed E-state index contributed by atoms with van der Waals surface area (Å²) in [5.41, 5.74) is 1.85. The van der Waals surface area contributed by atoms with Crippen LogP contribution in [0, 0.1) is 0 Å². The van der Waals surface area contributed by atoms with Crippen LogP contribution in [0.15, 0.2) is 48.9 Å². The van der Waals surface area contributed by atoms with Crippen LogP contribution in [0.1, 0.15) is 24.1 Å². The summed E-state index contributed by atoms with van der Waals surface area (Å²) in [6.45, 7) is 1.06. The molecule has 0 spiro atoms. The molecule has 23 heavy (non-hydrogen) atoms. The first-order valence-electron chi connectivity index (χ1n) is 7.81. The molecule has 2 aliphatic heterocycles. The van der Waals surface area contributed by atoms with Gasteiger partial charge in [-0.3, -0.25) is 9.97 Å². The van der Waals surface area contributed by atoms with Crippen LogP contribution in [0.4, 0.5) is 0 Å². The average molecular weight is 330 g/mol. The Balaban J connectivity index is 0.00000156. The maximum Gasteiger partial charge on any atom is 0.148 e. The van der Waals surface area contributed by atoms with E-state index in [9.17, 15) is 0 Å². The van der Waals surface area contributed by atoms with E-state index in [-0.39, 0.29) is 18.0 Å². The van der Waals surface area contributed by atoms with Gasteiger partial charge in [0.05, 0.1) is 11.7 Å². The molecule has 0 aliphatic carbocycles. The number of nitrogens with one attached hydrogen (secondary N) is 1. The molecule has 0 bridgehead atoms. The highest BCUT2D eigenvalue weighted by Gasteiger charge is 2.45. The SMILES string of the molecule is C(=CC1([C@H]2CCCN2)Cc2ncccc2O1)c1ccncc1.Cl. The largest absolute Gasteiger partial charge is 0.479 e. The molecule has 0 radical (unpaired) electrons. The number of rotatable bonds is 3. The monoisotopic (exact) mass is 329 g/mol. The van der Waals surface area contributed by atoms with Crippen LogP contribution in [0.5, 0.6) is 5.75 Å². The fraction of sp³-hybridized carbons (Fsp3) is 0.333. The second-order valence-electron chi connectivity index (χ2n) is 5.94. The first-order valence-corrected chi connectivity index (χ1v) is 7.81. The van der Waals surface area contributed by atoms with E-state index < -0.39 is 0 Å². The summed E-state index contributed by atoms with van der Waals surface area (Å²) in [4.78, 5) is 8.55. The first kappa shape index (κ1) is 16.0. The number of hydrogen-bond donors (Lipinski definition) is 1. The Morgan fingerprint density at radius 1 is 1.22 bits per heavy atom. The maximum atomic E-state index is 6.37. The molecule has 1 fully saturated rings. The summed E-state index contributed by atoms with van der Waals surface area (Å²) in [7, 11) is 0. The average Bonchev–Trinajstić information content (AvgIpc) is 3.22. The molecular formula is C18H20ClN3O. The number of nitrogens with zero attached hydrogens (tertiary/aromatic N) is 2. The fourth-order valence-corrected chi connectivity index (χ4v) is 3.37. The normalized spacial score (nSPS) is 25.8. The van der Waals surface area contributed by atoms with Crippen molar-refractivity contribution in [1.82, 2.24) is 15.3 Å². The quantitative estimate of drug-likeness (QED) is 0.940. The van der Waals surface area contributed by atoms with Gasteiger partial charge in [-0.2, -0.15) is 0 Å². The summed E-state index contributed by atoms with van der Waals surface area (Å²) in [5, 5.41) is 3.59. The Kier molecular flexibility index (Phi) is 4.64. The molecule has 1 unspecified atom stereocenters. The van der Waals surface area contributed by atoms with Crippen molar-refractivity contribution < 1.29 is 4.74 Å². The lowest BCUT2D eigenvalue weighted by atomic mass is 9.88. The van der Waals surface area contributed by atoms with Crippen LogP contribution in [0.25, 0.3) is 6.08 Å². The van der Waals surface area contributed by atoms with Gasteiger partial charge in [0.2, 0.25) is 0 Å². The Hall–Kier alpha value is -1.91. The molecule has 0 amide bonds. The zero-order valence-corrected chi connectivity index (χ0v) is 13.6. The van der Waals surface area contributed by atoms with E-state index in [1.165, 1.54) is 6.42 Å². The molecule has 5 heteroatoms. The predicted octanol–water partition coefficient (Wildman–Crippen LogP) is 3.04. The number of ether oxygens (including phenoxy) is 1. The maximum absolute atomic E-state index is 6.37. The van der Waals surface area contributed by atoms with Crippen molar-refractivity contribution in [2.45, 2.75) is 30.9 Å². The summed E-state index contributed by atoms with van der Waals surface area (Å²) in [5.74, 6) is 0.913. The molecule has 0 saturated carbocycles. The standard InChI is InChI=1S/C18H19N3O.ClH/c1-3-16-15(20-9-1)13-18(22-16,17-4-2-10-21-17)8-5-14-6-11-19-12-7-14;/h1,3,5-9,11-12,17,21H,2,4,10,13H2;1H/t17-,18?;/m1./s1. The molecule has 2 aromatic heterocycles. The number of fused-ring (bicyclic) bond motifs is 1. The lowest BCUT2D eigenvalue weighted by Crippen LogP contribution is -2.50. The van der Waals surface area contributed by atoms with Crippen molar-refractivity contribution in [3.05, 3.63) is 60.2 Å². The van der Waals surface area contributed by atoms with E-state index in [4.69, 9.17) is 4.74 Å². The van der Waals surface area contributed by atoms with E-state index in [2.05, 4.69) is 27.4 Å². The third-order valence-electron chi connectivity index (χ3n) is 4.51. The third kappa shape index (κ3) is 3.09. The minimum absolute atomic E-state index is 0. The van der Waals surface area contributed by atoms with Gasteiger partial charge in [0.25, 0.3) is 0 Å². The zero-order valence-electron chi connectivity index (χ0n) is 12.8. The number of hydrogen-bond acceptors (Lipinski definition) is 4. The van der Waals surface area contributed by atoms with E-state index in [1.54, 1.807) is 0 Å². The van der Waals surface area contributed by atoms with Crippen LogP contribution in [0.3, 0.4) is 0 Å². The van der Waals surface area contributed by atoms with Gasteiger partial charge in [-0.15, -0.1) is 12.4 Å². The van der Waals surface area contributed by atoms with Gasteiger partial charge in [-0.1, -0.05) is 6.08 Å². The Morgan fingerprint density at radius 2 is 2.09 bits per heavy atom. The van der Waals surface area contributed by atoms with E-state index >= 15 is 0 Å². The molecule has 4 nitrogen and oxygen atoms in total. The Labute approximate surface area is 142 Å². The second-order valence-corrected chi connectivity index (χ2v) is 5.94. The van der Waals surface area contributed by atoms with Gasteiger partial charge in [-0.05, 0) is 55.3 Å². The van der Waals surface area contributed by atoms with Crippen molar-refractivity contribution in [3.8, 4) is 5.75 Å². The zero-order chi connectivity index (χ0) is 14.8. The lowest BCUT2D eigenvalue weighted by Gasteiger charge is -2.32. The van der Waals surface area contributed by atoms with Crippen LogP contribution < -0.4 is 10.1 Å². The predicted molar refractivity (Wildman–Crippen MR) is 92.8 cm³/mol.